The van der Waals surface area contributed by atoms with Crippen molar-refractivity contribution in [2.24, 2.45) is 0 Å². The number of aliphatic hydroxyl groups excluding tert-OH is 2. The molecule has 5 unspecified atom stereocenters. The molecule has 0 aromatic rings. The van der Waals surface area contributed by atoms with Crippen LogP contribution in [-0.4, -0.2) is 95.9 Å². The van der Waals surface area contributed by atoms with E-state index in [1.165, 1.54) is 96.3 Å². The van der Waals surface area contributed by atoms with Gasteiger partial charge in [-0.25, -0.2) is 9.13 Å². The molecule has 5 atom stereocenters. The Morgan fingerprint density at radius 1 is 0.272 bits per heavy atom. The van der Waals surface area contributed by atoms with Gasteiger partial charge >= 0.3 is 33.6 Å². The summed E-state index contributed by atoms with van der Waals surface area (Å²) in [6.45, 7) is 2.58. The lowest BCUT2D eigenvalue weighted by Crippen LogP contribution is -2.30. The van der Waals surface area contributed by atoms with Crippen LogP contribution < -0.4 is 0 Å². The van der Waals surface area contributed by atoms with Crippen molar-refractivity contribution in [1.29, 1.82) is 0 Å². The molecule has 0 radical (unpaired) electrons. The predicted molar refractivity (Wildman–Crippen MR) is 426 cm³/mol. The van der Waals surface area contributed by atoms with Crippen LogP contribution in [0.2, 0.25) is 0 Å². The Bertz CT molecular complexity index is 2410. The second-order valence-electron chi connectivity index (χ2n) is 26.9. The zero-order valence-electron chi connectivity index (χ0n) is 64.7. The molecule has 0 aromatic carbocycles. The number of unbranched alkanes of at least 4 members (excludes halogenated alkanes) is 31. The van der Waals surface area contributed by atoms with Gasteiger partial charge in [0.2, 0.25) is 0 Å². The van der Waals surface area contributed by atoms with Crippen LogP contribution in [-0.2, 0) is 55.8 Å². The van der Waals surface area contributed by atoms with Gasteiger partial charge in [0.25, 0.3) is 0 Å². The first-order valence-corrected chi connectivity index (χ1v) is 43.5. The minimum Gasteiger partial charge on any atom is -0.463 e. The molecule has 4 N–H and O–H groups in total. The lowest BCUT2D eigenvalue weighted by Gasteiger charge is -2.21. The van der Waals surface area contributed by atoms with Crippen molar-refractivity contribution in [3.05, 3.63) is 134 Å². The molecule has 0 aliphatic carbocycles. The Morgan fingerprint density at radius 3 is 0.767 bits per heavy atom. The number of allylic oxidation sites excluding steroid dienone is 22. The molecule has 18 heteroatoms. The first-order chi connectivity index (χ1) is 50.2. The number of rotatable bonds is 76. The van der Waals surface area contributed by atoms with Crippen molar-refractivity contribution in [2.75, 3.05) is 39.6 Å². The number of hydrogen-bond donors (Lipinski definition) is 4. The van der Waals surface area contributed by atoms with Crippen molar-refractivity contribution in [2.45, 2.75) is 347 Å². The Hall–Kier alpha value is -4.31. The summed E-state index contributed by atoms with van der Waals surface area (Å²) in [6.07, 6.45) is 93.3. The van der Waals surface area contributed by atoms with Crippen LogP contribution in [0, 0.1) is 0 Å². The monoisotopic (exact) mass is 1490 g/mol. The highest BCUT2D eigenvalue weighted by Gasteiger charge is 2.29. The molecule has 0 spiro atoms. The summed E-state index contributed by atoms with van der Waals surface area (Å²) in [5.41, 5.74) is 0. The predicted octanol–water partition coefficient (Wildman–Crippen LogP) is 23.9. The number of phosphoric acid groups is 2. The summed E-state index contributed by atoms with van der Waals surface area (Å²) in [6, 6.07) is 0. The minimum absolute atomic E-state index is 0.0841. The summed E-state index contributed by atoms with van der Waals surface area (Å²) in [4.78, 5) is 58.8. The van der Waals surface area contributed by atoms with Gasteiger partial charge < -0.3 is 34.2 Å². The standard InChI is InChI=1S/C85H146O16P2/c1-4-7-10-13-16-19-22-25-28-31-34-36-38-39-41-43-45-47-50-53-56-59-62-65-68-71-83(88)95-74-80(86)75-97-102(91,92)98-76-81(87)77-99-103(93,94)100-79-82(101-85(90)73-70-67-64-61-58-55-52-49-44-33-30-27-24-21-18-15-12-9-6-3)78-96-84(89)72-69-66-63-60-57-54-51-48-46-42-40-37-35-32-29-26-23-20-17-14-11-8-5-2/h16-21,25-30,34-37,39,41-42,44,46,49,80-82,86-87H,4-15,22-24,31-33,38,40,43,45,47-48,50-79H2,1-3H3,(H,91,92)(H,93,94)/b19-16-,20-17-,21-18-,28-25-,29-26-,30-27-,36-34-,37-35-,41-39-,46-42-,49-44-. The van der Waals surface area contributed by atoms with E-state index in [0.29, 0.717) is 19.3 Å². The van der Waals surface area contributed by atoms with Crippen LogP contribution in [0.25, 0.3) is 0 Å². The molecular formula is C85H146O16P2. The second kappa shape index (κ2) is 77.3. The van der Waals surface area contributed by atoms with Crippen molar-refractivity contribution in [3.8, 4) is 0 Å². The smallest absolute Gasteiger partial charge is 0.463 e. The number of aliphatic hydroxyl groups is 2. The molecule has 0 bridgehead atoms. The van der Waals surface area contributed by atoms with E-state index >= 15 is 0 Å². The zero-order valence-corrected chi connectivity index (χ0v) is 66.5. The molecule has 0 saturated heterocycles. The fraction of sp³-hybridized carbons (Fsp3) is 0.706. The molecule has 0 fully saturated rings. The van der Waals surface area contributed by atoms with Gasteiger partial charge in [-0.05, 0) is 148 Å². The Morgan fingerprint density at radius 2 is 0.485 bits per heavy atom. The fourth-order valence-corrected chi connectivity index (χ4v) is 12.2. The van der Waals surface area contributed by atoms with E-state index in [2.05, 4.69) is 154 Å². The maximum atomic E-state index is 13.0. The third-order valence-electron chi connectivity index (χ3n) is 16.8. The van der Waals surface area contributed by atoms with E-state index in [1.54, 1.807) is 0 Å². The van der Waals surface area contributed by atoms with Gasteiger partial charge in [-0.15, -0.1) is 0 Å². The van der Waals surface area contributed by atoms with Crippen LogP contribution in [0.3, 0.4) is 0 Å². The van der Waals surface area contributed by atoms with E-state index < -0.39 is 91.5 Å². The van der Waals surface area contributed by atoms with E-state index in [9.17, 15) is 43.5 Å². The topological polar surface area (TPSA) is 231 Å². The number of carbonyl (C=O) groups excluding carboxylic acids is 3. The number of esters is 3. The lowest BCUT2D eigenvalue weighted by atomic mass is 10.1. The quantitative estimate of drug-likeness (QED) is 0.0146. The average Bonchev–Trinajstić information content (AvgIpc) is 0.922. The zero-order chi connectivity index (χ0) is 75.2. The van der Waals surface area contributed by atoms with Gasteiger partial charge in [0, 0.05) is 19.3 Å². The van der Waals surface area contributed by atoms with E-state index in [-0.39, 0.29) is 19.3 Å². The minimum atomic E-state index is -4.94. The Kier molecular flexibility index (Phi) is 74.1. The van der Waals surface area contributed by atoms with E-state index in [4.69, 9.17) is 32.3 Å². The van der Waals surface area contributed by atoms with Crippen LogP contribution in [0.5, 0.6) is 0 Å². The van der Waals surface area contributed by atoms with E-state index in [0.717, 1.165) is 173 Å². The third kappa shape index (κ3) is 78.6. The van der Waals surface area contributed by atoms with Crippen molar-refractivity contribution in [3.63, 3.8) is 0 Å². The van der Waals surface area contributed by atoms with Crippen molar-refractivity contribution < 1.29 is 75.8 Å². The molecule has 0 rings (SSSR count). The largest absolute Gasteiger partial charge is 0.472 e. The Balaban J connectivity index is 4.68. The molecule has 592 valence electrons. The molecule has 103 heavy (non-hydrogen) atoms. The molecule has 0 heterocycles. The highest BCUT2D eigenvalue weighted by Crippen LogP contribution is 2.45. The summed E-state index contributed by atoms with van der Waals surface area (Å²) in [5.74, 6) is -1.60. The SMILES string of the molecule is CCCCC/C=C\C/C=C\C/C=C\C/C=C\CCCCCCCCCCCC(=O)OCC(O)COP(=O)(O)OCC(O)COP(=O)(O)OCC(COC(=O)CCCCCCCCC/C=C\C/C=C\C/C=C\C/C=C\CCCCC)OC(=O)CCCCCCCC/C=C\C/C=C\C/C=C\CCCCC. The Labute approximate surface area is 626 Å². The molecular weight excluding hydrogens is 1340 g/mol. The highest BCUT2D eigenvalue weighted by molar-refractivity contribution is 7.47. The number of ether oxygens (including phenoxy) is 3. The van der Waals surface area contributed by atoms with Gasteiger partial charge in [0.15, 0.2) is 6.10 Å². The summed E-state index contributed by atoms with van der Waals surface area (Å²) in [5, 5.41) is 20.7. The van der Waals surface area contributed by atoms with Gasteiger partial charge in [0.1, 0.15) is 25.4 Å². The van der Waals surface area contributed by atoms with Gasteiger partial charge in [-0.1, -0.05) is 296 Å². The maximum Gasteiger partial charge on any atom is 0.472 e. The molecule has 0 amide bonds. The lowest BCUT2D eigenvalue weighted by molar-refractivity contribution is -0.161. The molecule has 0 aliphatic rings. The number of phosphoric ester groups is 2. The maximum absolute atomic E-state index is 13.0. The fourth-order valence-electron chi connectivity index (χ4n) is 10.6. The van der Waals surface area contributed by atoms with Crippen LogP contribution in [0.1, 0.15) is 329 Å². The molecule has 0 aliphatic heterocycles. The van der Waals surface area contributed by atoms with E-state index in [1.807, 2.05) is 0 Å². The molecule has 0 saturated carbocycles. The van der Waals surface area contributed by atoms with Crippen LogP contribution in [0.4, 0.5) is 0 Å². The molecule has 0 aromatic heterocycles. The number of hydrogen-bond acceptors (Lipinski definition) is 14. The third-order valence-corrected chi connectivity index (χ3v) is 18.7. The normalized spacial score (nSPS) is 14.7. The number of carbonyl (C=O) groups is 3. The van der Waals surface area contributed by atoms with Gasteiger partial charge in [-0.2, -0.15) is 0 Å². The van der Waals surface area contributed by atoms with Crippen LogP contribution >= 0.6 is 15.6 Å². The van der Waals surface area contributed by atoms with Crippen LogP contribution in [0.15, 0.2) is 134 Å². The van der Waals surface area contributed by atoms with Crippen molar-refractivity contribution >= 4 is 33.6 Å². The first kappa shape index (κ1) is 98.7. The summed E-state index contributed by atoms with van der Waals surface area (Å²) < 4.78 is 61.2. The van der Waals surface area contributed by atoms with Gasteiger partial charge in [-0.3, -0.25) is 32.5 Å². The first-order valence-electron chi connectivity index (χ1n) is 40.5. The average molecular weight is 1490 g/mol. The summed E-state index contributed by atoms with van der Waals surface area (Å²) >= 11 is 0. The van der Waals surface area contributed by atoms with Gasteiger partial charge in [0.05, 0.1) is 26.4 Å². The summed E-state index contributed by atoms with van der Waals surface area (Å²) in [7, 11) is -9.81. The second-order valence-corrected chi connectivity index (χ2v) is 29.8. The highest BCUT2D eigenvalue weighted by atomic mass is 31.2. The van der Waals surface area contributed by atoms with Crippen molar-refractivity contribution in [1.82, 2.24) is 0 Å². The molecule has 16 nitrogen and oxygen atoms in total.